The normalized spacial score (nSPS) is 11.6. The van der Waals surface area contributed by atoms with E-state index in [-0.39, 0.29) is 12.6 Å². The second-order valence-corrected chi connectivity index (χ2v) is 5.42. The first-order valence-corrected chi connectivity index (χ1v) is 7.54. The zero-order valence-electron chi connectivity index (χ0n) is 12.8. The molecule has 0 aromatic heterocycles. The molecule has 23 heavy (non-hydrogen) atoms. The topological polar surface area (TPSA) is 70.6 Å². The van der Waals surface area contributed by atoms with Crippen molar-refractivity contribution in [3.05, 3.63) is 64.7 Å². The zero-order valence-corrected chi connectivity index (χ0v) is 13.5. The van der Waals surface area contributed by atoms with E-state index in [1.165, 1.54) is 0 Å². The van der Waals surface area contributed by atoms with E-state index < -0.39 is 6.10 Å². The van der Waals surface area contributed by atoms with Crippen LogP contribution in [-0.2, 0) is 6.54 Å². The number of carbonyl (C=O) groups is 1. The monoisotopic (exact) mass is 334 g/mol. The van der Waals surface area contributed by atoms with Gasteiger partial charge in [0.25, 0.3) is 0 Å². The first kappa shape index (κ1) is 17.1. The Labute approximate surface area is 140 Å². The maximum Gasteiger partial charge on any atom is 0.315 e. The van der Waals surface area contributed by atoms with Crippen molar-refractivity contribution < 1.29 is 14.6 Å². The molecule has 0 spiro atoms. The lowest BCUT2D eigenvalue weighted by molar-refractivity contribution is 0.173. The number of urea groups is 1. The molecular formula is C17H19ClN2O3. The minimum absolute atomic E-state index is 0.117. The molecule has 2 amide bonds. The average molecular weight is 335 g/mol. The van der Waals surface area contributed by atoms with Gasteiger partial charge in [-0.15, -0.1) is 0 Å². The number of nitrogens with one attached hydrogen (secondary N) is 2. The van der Waals surface area contributed by atoms with Crippen LogP contribution in [0.2, 0.25) is 5.02 Å². The number of amides is 2. The number of carbonyl (C=O) groups excluding carboxylic acids is 1. The minimum Gasteiger partial charge on any atom is -0.497 e. The summed E-state index contributed by atoms with van der Waals surface area (Å²) in [5.41, 5.74) is 1.63. The van der Waals surface area contributed by atoms with Gasteiger partial charge in [0.15, 0.2) is 0 Å². The molecule has 6 heteroatoms. The van der Waals surface area contributed by atoms with Gasteiger partial charge in [-0.2, -0.15) is 0 Å². The van der Waals surface area contributed by atoms with E-state index in [0.29, 0.717) is 17.1 Å². The SMILES string of the molecule is COc1cccc(CNC(=O)NCC(O)c2ccc(Cl)cc2)c1. The Bertz CT molecular complexity index is 647. The summed E-state index contributed by atoms with van der Waals surface area (Å²) in [5, 5.41) is 16.0. The summed E-state index contributed by atoms with van der Waals surface area (Å²) in [5.74, 6) is 0.739. The summed E-state index contributed by atoms with van der Waals surface area (Å²) in [6.07, 6.45) is -0.783. The fraction of sp³-hybridized carbons (Fsp3) is 0.235. The minimum atomic E-state index is -0.783. The number of hydrogen-bond acceptors (Lipinski definition) is 3. The Kier molecular flexibility index (Phi) is 6.26. The number of hydrogen-bond donors (Lipinski definition) is 3. The van der Waals surface area contributed by atoms with Crippen molar-refractivity contribution in [1.29, 1.82) is 0 Å². The molecule has 2 rings (SSSR count). The highest BCUT2D eigenvalue weighted by atomic mass is 35.5. The molecule has 2 aromatic carbocycles. The molecule has 0 aliphatic rings. The Morgan fingerprint density at radius 1 is 1.22 bits per heavy atom. The standard InChI is InChI=1S/C17H19ClN2O3/c1-23-15-4-2-3-12(9-15)10-19-17(22)20-11-16(21)13-5-7-14(18)8-6-13/h2-9,16,21H,10-11H2,1H3,(H2,19,20,22). The van der Waals surface area contributed by atoms with Gasteiger partial charge < -0.3 is 20.5 Å². The van der Waals surface area contributed by atoms with Gasteiger partial charge in [0.05, 0.1) is 13.2 Å². The Morgan fingerprint density at radius 2 is 1.96 bits per heavy atom. The van der Waals surface area contributed by atoms with Gasteiger partial charge >= 0.3 is 6.03 Å². The number of benzene rings is 2. The van der Waals surface area contributed by atoms with Gasteiger partial charge in [-0.3, -0.25) is 0 Å². The molecule has 0 bridgehead atoms. The summed E-state index contributed by atoms with van der Waals surface area (Å²) < 4.78 is 5.13. The lowest BCUT2D eigenvalue weighted by Gasteiger charge is -2.13. The number of methoxy groups -OCH3 is 1. The molecule has 122 valence electrons. The van der Waals surface area contributed by atoms with Gasteiger partial charge in [-0.25, -0.2) is 4.79 Å². The van der Waals surface area contributed by atoms with Gasteiger partial charge in [0.2, 0.25) is 0 Å². The molecule has 5 nitrogen and oxygen atoms in total. The highest BCUT2D eigenvalue weighted by Gasteiger charge is 2.09. The number of ether oxygens (including phenoxy) is 1. The van der Waals surface area contributed by atoms with Crippen molar-refractivity contribution in [2.75, 3.05) is 13.7 Å². The largest absolute Gasteiger partial charge is 0.497 e. The molecule has 3 N–H and O–H groups in total. The molecular weight excluding hydrogens is 316 g/mol. The summed E-state index contributed by atoms with van der Waals surface area (Å²) in [7, 11) is 1.59. The third-order valence-corrected chi connectivity index (χ3v) is 3.55. The van der Waals surface area contributed by atoms with Crippen molar-refractivity contribution in [2.45, 2.75) is 12.6 Å². The molecule has 2 aromatic rings. The average Bonchev–Trinajstić information content (AvgIpc) is 2.58. The molecule has 0 saturated carbocycles. The summed E-state index contributed by atoms with van der Waals surface area (Å²) in [6.45, 7) is 0.492. The van der Waals surface area contributed by atoms with Gasteiger partial charge in [-0.05, 0) is 35.4 Å². The fourth-order valence-corrected chi connectivity index (χ4v) is 2.15. The highest BCUT2D eigenvalue weighted by molar-refractivity contribution is 6.30. The van der Waals surface area contributed by atoms with Crippen LogP contribution in [0.5, 0.6) is 5.75 Å². The van der Waals surface area contributed by atoms with Crippen LogP contribution < -0.4 is 15.4 Å². The van der Waals surface area contributed by atoms with Crippen LogP contribution in [0.1, 0.15) is 17.2 Å². The van der Waals surface area contributed by atoms with E-state index in [1.54, 1.807) is 31.4 Å². The van der Waals surface area contributed by atoms with Crippen molar-refractivity contribution in [1.82, 2.24) is 10.6 Å². The van der Waals surface area contributed by atoms with Crippen molar-refractivity contribution in [2.24, 2.45) is 0 Å². The summed E-state index contributed by atoms with van der Waals surface area (Å²) >= 11 is 5.79. The van der Waals surface area contributed by atoms with E-state index in [1.807, 2.05) is 24.3 Å². The maximum absolute atomic E-state index is 11.8. The highest BCUT2D eigenvalue weighted by Crippen LogP contribution is 2.15. The van der Waals surface area contributed by atoms with Gasteiger partial charge in [0, 0.05) is 18.1 Å². The van der Waals surface area contributed by atoms with Crippen LogP contribution in [0.3, 0.4) is 0 Å². The first-order valence-electron chi connectivity index (χ1n) is 7.16. The van der Waals surface area contributed by atoms with E-state index in [4.69, 9.17) is 16.3 Å². The quantitative estimate of drug-likeness (QED) is 0.760. The zero-order chi connectivity index (χ0) is 16.7. The number of aliphatic hydroxyl groups is 1. The second kappa shape index (κ2) is 8.41. The molecule has 0 heterocycles. The smallest absolute Gasteiger partial charge is 0.315 e. The van der Waals surface area contributed by atoms with Crippen LogP contribution in [-0.4, -0.2) is 24.8 Å². The van der Waals surface area contributed by atoms with Crippen LogP contribution >= 0.6 is 11.6 Å². The van der Waals surface area contributed by atoms with Gasteiger partial charge in [0.1, 0.15) is 5.75 Å². The Balaban J connectivity index is 1.77. The van der Waals surface area contributed by atoms with Crippen molar-refractivity contribution in [3.63, 3.8) is 0 Å². The lowest BCUT2D eigenvalue weighted by atomic mass is 10.1. The lowest BCUT2D eigenvalue weighted by Crippen LogP contribution is -2.37. The predicted octanol–water partition coefficient (Wildman–Crippen LogP) is 2.88. The molecule has 0 fully saturated rings. The Hall–Kier alpha value is -2.24. The van der Waals surface area contributed by atoms with Crippen molar-refractivity contribution >= 4 is 17.6 Å². The van der Waals surface area contributed by atoms with E-state index in [2.05, 4.69) is 10.6 Å². The molecule has 0 radical (unpaired) electrons. The second-order valence-electron chi connectivity index (χ2n) is 4.98. The summed E-state index contributed by atoms with van der Waals surface area (Å²) in [6, 6.07) is 13.9. The number of aliphatic hydroxyl groups excluding tert-OH is 1. The third kappa shape index (κ3) is 5.47. The summed E-state index contributed by atoms with van der Waals surface area (Å²) in [4.78, 5) is 11.8. The van der Waals surface area contributed by atoms with E-state index >= 15 is 0 Å². The molecule has 1 unspecified atom stereocenters. The maximum atomic E-state index is 11.8. The Morgan fingerprint density at radius 3 is 2.65 bits per heavy atom. The van der Waals surface area contributed by atoms with Crippen LogP contribution in [0.15, 0.2) is 48.5 Å². The number of rotatable bonds is 6. The molecule has 0 aliphatic heterocycles. The fourth-order valence-electron chi connectivity index (χ4n) is 2.02. The van der Waals surface area contributed by atoms with E-state index in [9.17, 15) is 9.90 Å². The van der Waals surface area contributed by atoms with E-state index in [0.717, 1.165) is 11.3 Å². The molecule has 1 atom stereocenters. The van der Waals surface area contributed by atoms with Crippen LogP contribution in [0.25, 0.3) is 0 Å². The number of halogens is 1. The van der Waals surface area contributed by atoms with Crippen molar-refractivity contribution in [3.8, 4) is 5.75 Å². The third-order valence-electron chi connectivity index (χ3n) is 3.30. The predicted molar refractivity (Wildman–Crippen MR) is 89.6 cm³/mol. The molecule has 0 aliphatic carbocycles. The van der Waals surface area contributed by atoms with Gasteiger partial charge in [-0.1, -0.05) is 35.9 Å². The first-order chi connectivity index (χ1) is 11.1. The van der Waals surface area contributed by atoms with Crippen LogP contribution in [0, 0.1) is 0 Å². The van der Waals surface area contributed by atoms with Crippen LogP contribution in [0.4, 0.5) is 4.79 Å². The molecule has 0 saturated heterocycles.